The molecule has 8 aromatic rings. The molecule has 194 valence electrons. The molecule has 3 heterocycles. The van der Waals surface area contributed by atoms with E-state index in [0.717, 1.165) is 39.5 Å². The molecule has 9 rings (SSSR count). The van der Waals surface area contributed by atoms with Crippen LogP contribution in [0.25, 0.3) is 76.0 Å². The van der Waals surface area contributed by atoms with Crippen LogP contribution in [-0.4, -0.2) is 14.5 Å². The molecule has 1 aliphatic rings. The normalized spacial score (nSPS) is 14.2. The molecule has 0 atom stereocenters. The van der Waals surface area contributed by atoms with Gasteiger partial charge in [-0.15, -0.1) is 11.3 Å². The van der Waals surface area contributed by atoms with Gasteiger partial charge >= 0.3 is 0 Å². The van der Waals surface area contributed by atoms with E-state index in [1.165, 1.54) is 41.7 Å². The topological polar surface area (TPSA) is 30.7 Å². The number of benzene rings is 5. The van der Waals surface area contributed by atoms with Gasteiger partial charge in [-0.05, 0) is 29.0 Å². The predicted octanol–water partition coefficient (Wildman–Crippen LogP) is 10.1. The first-order valence-electron chi connectivity index (χ1n) is 14.0. The maximum atomic E-state index is 5.43. The van der Waals surface area contributed by atoms with Crippen LogP contribution >= 0.6 is 11.3 Å². The van der Waals surface area contributed by atoms with Crippen molar-refractivity contribution in [2.75, 3.05) is 0 Å². The van der Waals surface area contributed by atoms with E-state index in [0.29, 0.717) is 0 Å². The third kappa shape index (κ3) is 3.14. The van der Waals surface area contributed by atoms with Crippen molar-refractivity contribution in [3.05, 3.63) is 120 Å². The van der Waals surface area contributed by atoms with Gasteiger partial charge in [0, 0.05) is 47.5 Å². The van der Waals surface area contributed by atoms with Crippen LogP contribution in [0.4, 0.5) is 0 Å². The fourth-order valence-electron chi connectivity index (χ4n) is 6.67. The first-order chi connectivity index (χ1) is 20.1. The van der Waals surface area contributed by atoms with Gasteiger partial charge < -0.3 is 0 Å². The number of nitrogens with zero attached hydrogens (tertiary/aromatic N) is 3. The minimum atomic E-state index is -0.193. The number of rotatable bonds is 2. The van der Waals surface area contributed by atoms with Gasteiger partial charge in [0.25, 0.3) is 0 Å². The molecule has 0 unspecified atom stereocenters. The van der Waals surface area contributed by atoms with E-state index in [-0.39, 0.29) is 5.41 Å². The van der Waals surface area contributed by atoms with E-state index in [1.807, 2.05) is 11.3 Å². The van der Waals surface area contributed by atoms with Crippen molar-refractivity contribution in [3.8, 4) is 17.2 Å². The average molecular weight is 544 g/mol. The molecular formula is C37H25N3S. The molecule has 0 radical (unpaired) electrons. The number of aromatic nitrogens is 3. The molecule has 3 nitrogen and oxygen atoms in total. The molecule has 0 amide bonds. The van der Waals surface area contributed by atoms with E-state index in [9.17, 15) is 0 Å². The van der Waals surface area contributed by atoms with Gasteiger partial charge in [0.2, 0.25) is 5.95 Å². The fourth-order valence-corrected chi connectivity index (χ4v) is 7.89. The number of para-hydroxylation sites is 1. The van der Waals surface area contributed by atoms with E-state index in [2.05, 4.69) is 134 Å². The van der Waals surface area contributed by atoms with Gasteiger partial charge in [-0.2, -0.15) is 0 Å². The lowest BCUT2D eigenvalue weighted by molar-refractivity contribution is 0.651. The van der Waals surface area contributed by atoms with E-state index >= 15 is 0 Å². The summed E-state index contributed by atoms with van der Waals surface area (Å²) in [7, 11) is 0. The Hall–Kier alpha value is -4.80. The van der Waals surface area contributed by atoms with Crippen LogP contribution in [0.2, 0.25) is 0 Å². The zero-order chi connectivity index (χ0) is 27.3. The second kappa shape index (κ2) is 8.12. The van der Waals surface area contributed by atoms with Crippen LogP contribution < -0.4 is 0 Å². The van der Waals surface area contributed by atoms with Gasteiger partial charge in [-0.3, -0.25) is 4.57 Å². The third-order valence-electron chi connectivity index (χ3n) is 8.63. The zero-order valence-corrected chi connectivity index (χ0v) is 23.5. The van der Waals surface area contributed by atoms with Crippen molar-refractivity contribution in [2.24, 2.45) is 0 Å². The smallest absolute Gasteiger partial charge is 0.235 e. The van der Waals surface area contributed by atoms with E-state index < -0.39 is 0 Å². The van der Waals surface area contributed by atoms with Gasteiger partial charge in [-0.1, -0.05) is 111 Å². The number of fused-ring (bicyclic) bond motifs is 9. The minimum absolute atomic E-state index is 0.193. The second-order valence-corrected chi connectivity index (χ2v) is 12.6. The molecule has 41 heavy (non-hydrogen) atoms. The van der Waals surface area contributed by atoms with Gasteiger partial charge in [0.15, 0.2) is 0 Å². The summed E-state index contributed by atoms with van der Waals surface area (Å²) in [5, 5.41) is 7.52. The van der Waals surface area contributed by atoms with Crippen LogP contribution in [0.1, 0.15) is 25.1 Å². The van der Waals surface area contributed by atoms with Crippen LogP contribution in [0.3, 0.4) is 0 Å². The van der Waals surface area contributed by atoms with Crippen LogP contribution in [0.15, 0.2) is 109 Å². The van der Waals surface area contributed by atoms with Gasteiger partial charge in [0.05, 0.1) is 22.4 Å². The van der Waals surface area contributed by atoms with Crippen molar-refractivity contribution in [1.82, 2.24) is 14.5 Å². The number of thiophene rings is 1. The van der Waals surface area contributed by atoms with Gasteiger partial charge in [-0.25, -0.2) is 9.97 Å². The Morgan fingerprint density at radius 1 is 0.659 bits per heavy atom. The molecule has 0 saturated heterocycles. The summed E-state index contributed by atoms with van der Waals surface area (Å²) >= 11 is 1.85. The Kier molecular flexibility index (Phi) is 4.55. The quantitative estimate of drug-likeness (QED) is 0.217. The van der Waals surface area contributed by atoms with Gasteiger partial charge in [0.1, 0.15) is 0 Å². The highest BCUT2D eigenvalue weighted by molar-refractivity contribution is 7.26. The zero-order valence-electron chi connectivity index (χ0n) is 22.7. The number of allylic oxidation sites excluding steroid dienone is 1. The number of hydrogen-bond acceptors (Lipinski definition) is 3. The standard InChI is InChI=1S/C37H25N3S/c1-37(2)21-20-28-33(27-15-9-14-25-24-12-6-8-17-31(24)41-34(25)27)38-36(39-35(28)37)40-29-16-7-5-13-26(29)32-23-11-4-3-10-22(23)18-19-30(32)40/h3-21H,1-2H3. The van der Waals surface area contributed by atoms with Crippen LogP contribution in [0, 0.1) is 0 Å². The maximum absolute atomic E-state index is 5.43. The molecule has 0 spiro atoms. The number of hydrogen-bond donors (Lipinski definition) is 0. The summed E-state index contributed by atoms with van der Waals surface area (Å²) in [6, 6.07) is 37.0. The van der Waals surface area contributed by atoms with E-state index in [1.54, 1.807) is 0 Å². The molecule has 1 aliphatic carbocycles. The van der Waals surface area contributed by atoms with Crippen molar-refractivity contribution in [1.29, 1.82) is 0 Å². The molecule has 3 aromatic heterocycles. The van der Waals surface area contributed by atoms with Crippen molar-refractivity contribution in [2.45, 2.75) is 19.3 Å². The minimum Gasteiger partial charge on any atom is -0.278 e. The third-order valence-corrected chi connectivity index (χ3v) is 9.85. The second-order valence-electron chi connectivity index (χ2n) is 11.5. The lowest BCUT2D eigenvalue weighted by atomic mass is 9.91. The summed E-state index contributed by atoms with van der Waals surface area (Å²) in [6.07, 6.45) is 4.49. The largest absolute Gasteiger partial charge is 0.278 e. The highest BCUT2D eigenvalue weighted by atomic mass is 32.1. The SMILES string of the molecule is CC1(C)C=Cc2c(-c3cccc4c3sc3ccccc34)nc(-n3c4ccccc4c4c5ccccc5ccc43)nc21. The lowest BCUT2D eigenvalue weighted by Crippen LogP contribution is -2.16. The summed E-state index contributed by atoms with van der Waals surface area (Å²) < 4.78 is 4.83. The molecule has 0 N–H and O–H groups in total. The first kappa shape index (κ1) is 23.0. The Balaban J connectivity index is 1.41. The van der Waals surface area contributed by atoms with E-state index in [4.69, 9.17) is 9.97 Å². The van der Waals surface area contributed by atoms with Crippen molar-refractivity contribution in [3.63, 3.8) is 0 Å². The van der Waals surface area contributed by atoms with Crippen molar-refractivity contribution < 1.29 is 0 Å². The Labute approximate surface area is 241 Å². The summed E-state index contributed by atoms with van der Waals surface area (Å²) in [6.45, 7) is 4.49. The molecule has 4 heteroatoms. The molecule has 0 aliphatic heterocycles. The lowest BCUT2D eigenvalue weighted by Gasteiger charge is -2.20. The Morgan fingerprint density at radius 3 is 2.32 bits per heavy atom. The first-order valence-corrected chi connectivity index (χ1v) is 14.8. The summed E-state index contributed by atoms with van der Waals surface area (Å²) in [5.74, 6) is 0.718. The molecular weight excluding hydrogens is 518 g/mol. The molecule has 0 bridgehead atoms. The maximum Gasteiger partial charge on any atom is 0.235 e. The fraction of sp³-hybridized carbons (Fsp3) is 0.0811. The molecule has 0 fully saturated rings. The molecule has 0 saturated carbocycles. The Bertz CT molecular complexity index is 2400. The highest BCUT2D eigenvalue weighted by Gasteiger charge is 2.32. The summed E-state index contributed by atoms with van der Waals surface area (Å²) in [4.78, 5) is 10.8. The highest BCUT2D eigenvalue weighted by Crippen LogP contribution is 2.45. The van der Waals surface area contributed by atoms with Crippen LogP contribution in [0.5, 0.6) is 0 Å². The van der Waals surface area contributed by atoms with Crippen LogP contribution in [-0.2, 0) is 5.41 Å². The monoisotopic (exact) mass is 543 g/mol. The average Bonchev–Trinajstić information content (AvgIpc) is 3.65. The summed E-state index contributed by atoms with van der Waals surface area (Å²) in [5.41, 5.74) is 6.40. The van der Waals surface area contributed by atoms with Crippen molar-refractivity contribution >= 4 is 70.2 Å². The predicted molar refractivity (Wildman–Crippen MR) is 174 cm³/mol. The molecule has 5 aromatic carbocycles. The Morgan fingerprint density at radius 2 is 1.41 bits per heavy atom.